The summed E-state index contributed by atoms with van der Waals surface area (Å²) in [6.45, 7) is 41.7. The molecule has 109 heavy (non-hydrogen) atoms. The molecule has 0 radical (unpaired) electrons. The number of non-ortho nitro benzene ring substituents is 2. The fourth-order valence-corrected chi connectivity index (χ4v) is 8.58. The van der Waals surface area contributed by atoms with Crippen LogP contribution in [-0.2, 0) is 90.6 Å². The summed E-state index contributed by atoms with van der Waals surface area (Å²) in [5, 5.41) is 52.3. The Morgan fingerprint density at radius 2 is 0.917 bits per heavy atom. The third-order valence-electron chi connectivity index (χ3n) is 13.9. The van der Waals surface area contributed by atoms with Crippen LogP contribution >= 0.6 is 0 Å². The van der Waals surface area contributed by atoms with E-state index in [-0.39, 0.29) is 97.0 Å². The maximum absolute atomic E-state index is 12.4. The van der Waals surface area contributed by atoms with Crippen LogP contribution in [0.3, 0.4) is 0 Å². The number of amides is 2. The number of epoxide rings is 3. The Morgan fingerprint density at radius 3 is 1.25 bits per heavy atom. The van der Waals surface area contributed by atoms with Crippen LogP contribution in [0.15, 0.2) is 48.5 Å². The van der Waals surface area contributed by atoms with Gasteiger partial charge in [-0.3, -0.25) is 49.0 Å². The number of rotatable bonds is 34. The number of ketones is 1. The van der Waals surface area contributed by atoms with Crippen LogP contribution in [0.5, 0.6) is 11.5 Å². The number of carbonyl (C=O) groups excluding carboxylic acids is 9. The number of carboxylic acid groups (broad SMARTS) is 2. The zero-order valence-corrected chi connectivity index (χ0v) is 67.2. The number of nitrogens with two attached hydrogens (primary N) is 2. The van der Waals surface area contributed by atoms with E-state index in [0.717, 1.165) is 44.7 Å². The first-order chi connectivity index (χ1) is 51.1. The number of esters is 6. The van der Waals surface area contributed by atoms with E-state index in [4.69, 9.17) is 56.6 Å². The molecule has 3 fully saturated rings. The summed E-state index contributed by atoms with van der Waals surface area (Å²) in [7, 11) is 0. The van der Waals surface area contributed by atoms with Gasteiger partial charge in [0.15, 0.2) is 42.4 Å². The second kappa shape index (κ2) is 58.7. The van der Waals surface area contributed by atoms with E-state index >= 15 is 0 Å². The van der Waals surface area contributed by atoms with Gasteiger partial charge in [0.25, 0.3) is 11.4 Å². The van der Waals surface area contributed by atoms with Crippen molar-refractivity contribution in [3.63, 3.8) is 0 Å². The van der Waals surface area contributed by atoms with Crippen molar-refractivity contribution in [2.75, 3.05) is 46.1 Å². The van der Waals surface area contributed by atoms with Crippen molar-refractivity contribution in [3.8, 4) is 24.3 Å². The standard InChI is InChI=1S/C18H31NO5.C12H11NO7.C12H22O4.C11H24N2O.C6H5NO3.C6H8O5.C5H13N.C4H8O2.C2H2/c1-6-23-18(22)16-15(24-16)14(20)10-13(9-12(4)5)17(21)19-8-7-11(2)3;1-2-18-11(14)9-10(20-9)12(15)19-8-5-3-7(4-6-8)13(16)17;1-8(2)6-9(11(14)15)7-10(13)16-12(3,4)5;1-8(2)5-6-13-11(14)10(12)7-9(3)4;8-6-3-1-5(2-4-6)7(9)10;1-2-10-6(9)4-3(11-4)5(7)8;1-5(2)3-4-6;1-3-6-4(2)5;1-2/h11-13,15-16H,6-10H2,1-5H3,(H,19,21);3-6,9-10H,2H2,1H3;8-9H,6-7H2,1-5H3,(H,14,15);8-10H,5-7,12H2,1-4H3,(H,13,14);1-4,8H;3-4H,2H2,1H3,(H,7,8);5H,3-4,6H2,1-2H3;3H2,1-2H3;1-2H/t13-,15-,16+;9-,10-;9-;10-;;3-,4-;;;/m1010.0.../s1/i;;;;;;;;1D. The van der Waals surface area contributed by atoms with Crippen LogP contribution in [0.4, 0.5) is 11.4 Å². The number of nitro benzene ring substituents is 2. The Hall–Kier alpha value is -9.23. The van der Waals surface area contributed by atoms with E-state index in [0.29, 0.717) is 49.7 Å². The van der Waals surface area contributed by atoms with Crippen molar-refractivity contribution in [1.82, 2.24) is 10.6 Å². The number of aliphatic carboxylic acids is 2. The van der Waals surface area contributed by atoms with E-state index in [2.05, 4.69) is 86.7 Å². The molecule has 3 saturated heterocycles. The highest BCUT2D eigenvalue weighted by atomic mass is 16.7. The number of hydrogen-bond donors (Lipinski definition) is 7. The lowest BCUT2D eigenvalue weighted by Crippen LogP contribution is -2.41. The zero-order valence-electron chi connectivity index (χ0n) is 68.2. The molecule has 620 valence electrons. The number of nitrogens with zero attached hydrogens (tertiary/aromatic N) is 2. The minimum absolute atomic E-state index is 0.0145. The molecule has 5 rings (SSSR count). The van der Waals surface area contributed by atoms with Gasteiger partial charge >= 0.3 is 47.8 Å². The summed E-state index contributed by atoms with van der Waals surface area (Å²) >= 11 is 0. The average Bonchev–Trinajstić information content (AvgIpc) is 1.67. The minimum Gasteiger partial charge on any atom is -0.508 e. The number of aromatic hydroxyl groups is 1. The molecule has 2 amide bonds. The maximum atomic E-state index is 12.4. The van der Waals surface area contributed by atoms with Crippen molar-refractivity contribution in [2.45, 2.75) is 238 Å². The summed E-state index contributed by atoms with van der Waals surface area (Å²) in [6.07, 6.45) is 5.45. The fourth-order valence-electron chi connectivity index (χ4n) is 8.58. The van der Waals surface area contributed by atoms with Crippen molar-refractivity contribution in [2.24, 2.45) is 58.8 Å². The largest absolute Gasteiger partial charge is 0.508 e. The highest BCUT2D eigenvalue weighted by Gasteiger charge is 2.54. The number of terminal acetylenes is 1. The molecule has 3 aliphatic rings. The third kappa shape index (κ3) is 55.8. The Morgan fingerprint density at radius 1 is 0.550 bits per heavy atom. The molecule has 0 unspecified atom stereocenters. The normalized spacial score (nSPS) is 16.7. The Bertz CT molecular complexity index is 3120. The predicted molar refractivity (Wildman–Crippen MR) is 404 cm³/mol. The van der Waals surface area contributed by atoms with Crippen LogP contribution in [0.1, 0.15) is 191 Å². The van der Waals surface area contributed by atoms with Gasteiger partial charge in [0.1, 0.15) is 18.5 Å². The Kier molecular flexibility index (Phi) is 56.0. The molecule has 3 aliphatic heterocycles. The molecular weight excluding hydrogens is 1430 g/mol. The average molecular weight is 1550 g/mol. The van der Waals surface area contributed by atoms with Crippen LogP contribution in [0.2, 0.25) is 0 Å². The highest BCUT2D eigenvalue weighted by Crippen LogP contribution is 2.30. The third-order valence-corrected chi connectivity index (χ3v) is 13.9. The summed E-state index contributed by atoms with van der Waals surface area (Å²) < 4.78 is 48.8. The van der Waals surface area contributed by atoms with Crippen molar-refractivity contribution < 1.29 is 122 Å². The number of benzene rings is 2. The number of Topliss-reactive ketones (excluding diaryl/α,β-unsaturated/α-hetero) is 1. The Labute approximate surface area is 643 Å². The Balaban J connectivity index is -0.000000601. The van der Waals surface area contributed by atoms with Gasteiger partial charge in [-0.15, -0.1) is 12.8 Å². The molecule has 33 nitrogen and oxygen atoms in total. The topological polar surface area (TPSA) is 504 Å². The number of carbonyl (C=O) groups is 11. The lowest BCUT2D eigenvalue weighted by atomic mass is 9.90. The number of nitrogens with one attached hydrogen (secondary N) is 2. The molecule has 0 aliphatic carbocycles. The van der Waals surface area contributed by atoms with Crippen molar-refractivity contribution in [1.29, 1.82) is 0 Å². The summed E-state index contributed by atoms with van der Waals surface area (Å²) in [5.74, 6) is -3.37. The van der Waals surface area contributed by atoms with Crippen LogP contribution in [0, 0.1) is 80.4 Å². The molecule has 2 aromatic rings. The van der Waals surface area contributed by atoms with Gasteiger partial charge in [-0.05, 0) is 153 Å². The van der Waals surface area contributed by atoms with Gasteiger partial charge in [0.05, 0.1) is 54.7 Å². The van der Waals surface area contributed by atoms with E-state index < -0.39 is 99.8 Å². The smallest absolute Gasteiger partial charge is 0.344 e. The summed E-state index contributed by atoms with van der Waals surface area (Å²) in [5.41, 5.74) is 10.3. The summed E-state index contributed by atoms with van der Waals surface area (Å²) in [6, 6.07) is 9.69. The molecule has 0 saturated carbocycles. The van der Waals surface area contributed by atoms with Gasteiger partial charge in [0.2, 0.25) is 11.8 Å². The van der Waals surface area contributed by atoms with Crippen LogP contribution in [0.25, 0.3) is 0 Å². The van der Waals surface area contributed by atoms with Crippen LogP contribution in [-0.4, -0.2) is 185 Å². The second-order valence-corrected chi connectivity index (χ2v) is 28.0. The van der Waals surface area contributed by atoms with Gasteiger partial charge in [0, 0.05) is 56.6 Å². The first-order valence-electron chi connectivity index (χ1n) is 36.7. The van der Waals surface area contributed by atoms with E-state index in [1.807, 2.05) is 27.7 Å². The van der Waals surface area contributed by atoms with E-state index in [1.165, 1.54) is 61.9 Å². The van der Waals surface area contributed by atoms with Crippen molar-refractivity contribution in [3.05, 3.63) is 68.8 Å². The lowest BCUT2D eigenvalue weighted by Gasteiger charge is -2.21. The van der Waals surface area contributed by atoms with E-state index in [1.54, 1.807) is 48.5 Å². The van der Waals surface area contributed by atoms with Crippen LogP contribution < -0.4 is 26.8 Å². The van der Waals surface area contributed by atoms with Gasteiger partial charge in [-0.2, -0.15) is 0 Å². The lowest BCUT2D eigenvalue weighted by molar-refractivity contribution is -0.385. The maximum Gasteiger partial charge on any atom is 0.344 e. The highest BCUT2D eigenvalue weighted by molar-refractivity contribution is 5.96. The first-order valence-corrected chi connectivity index (χ1v) is 36.2. The molecule has 3 heterocycles. The molecule has 33 heteroatoms. The van der Waals surface area contributed by atoms with E-state index in [9.17, 15) is 73.0 Å². The second-order valence-electron chi connectivity index (χ2n) is 28.0. The quantitative estimate of drug-likeness (QED) is 0.00652. The number of phenolic OH excluding ortho intramolecular Hbond substituents is 1. The minimum atomic E-state index is -1.12. The molecule has 9 atom stereocenters. The fraction of sp³-hybridized carbons (Fsp3) is 0.671. The monoisotopic (exact) mass is 1550 g/mol. The first kappa shape index (κ1) is 104. The number of nitro groups is 2. The number of hydrogen-bond acceptors (Lipinski definition) is 27. The number of carboxylic acids is 2. The SMILES string of the molecule is CC(C)CCN.CC(C)CCNC(=O)[C@@H](N)CC(C)C.CC(C)C[C@H](CC(=O)OC(C)(C)C)C(=O)O.CCOC(=O)[C@H]1O[C@@H]1C(=O)C[C@@H](CC(C)C)C(=O)NCCC(C)C.CCOC(=O)[C@H]1O[C@@H]1C(=O)O.CCOC(=O)[C@H]1O[C@@H]1C(=O)Oc1ccc([N+](=O)[O-])cc1.CCOC(C)=O.O=[N+]([O-])c1ccc(O)cc1.[2H]C#C. The zero-order chi connectivity index (χ0) is 85.7. The number of ether oxygens (including phenoxy) is 9. The van der Waals surface area contributed by atoms with Gasteiger partial charge < -0.3 is 80.1 Å². The van der Waals surface area contributed by atoms with Gasteiger partial charge in [-0.25, -0.2) is 24.0 Å². The molecular formula is C76H124N6O27. The molecule has 0 bridgehead atoms. The number of phenols is 1. The molecule has 9 N–H and O–H groups in total. The molecule has 2 aromatic carbocycles. The molecule has 0 spiro atoms. The molecule has 0 aromatic heterocycles. The summed E-state index contributed by atoms with van der Waals surface area (Å²) in [4.78, 5) is 143. The predicted octanol–water partition coefficient (Wildman–Crippen LogP) is 9.43. The van der Waals surface area contributed by atoms with Gasteiger partial charge in [-0.1, -0.05) is 83.1 Å². The van der Waals surface area contributed by atoms with Crippen molar-refractivity contribution >= 4 is 76.7 Å².